The molecule has 76 valence electrons. The van der Waals surface area contributed by atoms with Crippen molar-refractivity contribution in [2.75, 3.05) is 18.9 Å². The third-order valence-corrected chi connectivity index (χ3v) is 1.96. The largest absolute Gasteiger partial charge is 0.376 e. The van der Waals surface area contributed by atoms with Gasteiger partial charge in [0.15, 0.2) is 0 Å². The minimum Gasteiger partial charge on any atom is -0.376 e. The fraction of sp³-hybridized carbons (Fsp3) is 0.222. The molecule has 1 aromatic carbocycles. The molecular formula is C9H10ClFN2O. The average Bonchev–Trinajstić information content (AvgIpc) is 2.19. The quantitative estimate of drug-likeness (QED) is 0.807. The van der Waals surface area contributed by atoms with Crippen molar-refractivity contribution in [3.05, 3.63) is 29.0 Å². The Labute approximate surface area is 86.3 Å². The molecule has 0 fully saturated rings. The summed E-state index contributed by atoms with van der Waals surface area (Å²) in [5, 5.41) is 5.26. The van der Waals surface area contributed by atoms with Gasteiger partial charge in [-0.05, 0) is 18.2 Å². The maximum absolute atomic E-state index is 12.9. The second-order valence-corrected chi connectivity index (χ2v) is 3.06. The number of carbonyl (C=O) groups excluding carboxylic acids is 1. The van der Waals surface area contributed by atoms with Crippen LogP contribution in [0.25, 0.3) is 0 Å². The van der Waals surface area contributed by atoms with Crippen LogP contribution < -0.4 is 10.6 Å². The van der Waals surface area contributed by atoms with Gasteiger partial charge in [-0.1, -0.05) is 11.6 Å². The number of hydrogen-bond acceptors (Lipinski definition) is 2. The predicted octanol–water partition coefficient (Wildman–Crippen LogP) is 1.64. The third-order valence-electron chi connectivity index (χ3n) is 1.65. The molecule has 0 radical (unpaired) electrons. The van der Waals surface area contributed by atoms with E-state index in [4.69, 9.17) is 11.6 Å². The van der Waals surface area contributed by atoms with E-state index < -0.39 is 5.82 Å². The van der Waals surface area contributed by atoms with Crippen molar-refractivity contribution < 1.29 is 9.18 Å². The molecule has 2 N–H and O–H groups in total. The highest BCUT2D eigenvalue weighted by atomic mass is 35.5. The molecule has 0 spiro atoms. The first-order chi connectivity index (χ1) is 6.63. The van der Waals surface area contributed by atoms with Gasteiger partial charge in [0.05, 0.1) is 11.6 Å². The summed E-state index contributed by atoms with van der Waals surface area (Å²) in [6.07, 6.45) is 0. The first-order valence-corrected chi connectivity index (χ1v) is 4.41. The van der Waals surface area contributed by atoms with E-state index >= 15 is 0 Å². The van der Waals surface area contributed by atoms with Crippen molar-refractivity contribution in [1.82, 2.24) is 5.32 Å². The minimum absolute atomic E-state index is 0.0653. The van der Waals surface area contributed by atoms with Crippen LogP contribution in [0.4, 0.5) is 10.1 Å². The highest BCUT2D eigenvalue weighted by molar-refractivity contribution is 6.30. The summed E-state index contributed by atoms with van der Waals surface area (Å²) in [4.78, 5) is 10.8. The maximum atomic E-state index is 12.9. The van der Waals surface area contributed by atoms with Gasteiger partial charge in [-0.2, -0.15) is 0 Å². The molecular weight excluding hydrogens is 207 g/mol. The summed E-state index contributed by atoms with van der Waals surface area (Å²) >= 11 is 5.49. The molecule has 0 atom stereocenters. The molecule has 5 heteroatoms. The van der Waals surface area contributed by atoms with Crippen molar-refractivity contribution >= 4 is 23.2 Å². The topological polar surface area (TPSA) is 41.1 Å². The van der Waals surface area contributed by atoms with E-state index in [1.54, 1.807) is 6.07 Å². The highest BCUT2D eigenvalue weighted by Crippen LogP contribution is 2.18. The Hall–Kier alpha value is -1.29. The van der Waals surface area contributed by atoms with Crippen LogP contribution >= 0.6 is 11.6 Å². The van der Waals surface area contributed by atoms with E-state index in [0.717, 1.165) is 0 Å². The van der Waals surface area contributed by atoms with Gasteiger partial charge in [-0.3, -0.25) is 4.79 Å². The van der Waals surface area contributed by atoms with Gasteiger partial charge in [-0.15, -0.1) is 0 Å². The highest BCUT2D eigenvalue weighted by Gasteiger charge is 2.01. The number of carbonyl (C=O) groups is 1. The van der Waals surface area contributed by atoms with Crippen molar-refractivity contribution in [2.45, 2.75) is 0 Å². The molecule has 0 aromatic heterocycles. The summed E-state index contributed by atoms with van der Waals surface area (Å²) in [7, 11) is 1.53. The molecule has 0 aliphatic carbocycles. The summed E-state index contributed by atoms with van der Waals surface area (Å²) < 4.78 is 12.9. The van der Waals surface area contributed by atoms with E-state index in [2.05, 4.69) is 10.6 Å². The van der Waals surface area contributed by atoms with Crippen molar-refractivity contribution in [3.8, 4) is 0 Å². The molecule has 0 aliphatic heterocycles. The number of anilines is 1. The molecule has 1 aromatic rings. The lowest BCUT2D eigenvalue weighted by Gasteiger charge is -2.05. The summed E-state index contributed by atoms with van der Waals surface area (Å²) in [6, 6.07) is 4.28. The second kappa shape index (κ2) is 4.81. The van der Waals surface area contributed by atoms with Crippen LogP contribution in [-0.4, -0.2) is 19.5 Å². The Kier molecular flexibility index (Phi) is 3.71. The zero-order valence-electron chi connectivity index (χ0n) is 7.60. The van der Waals surface area contributed by atoms with E-state index in [0.29, 0.717) is 5.69 Å². The average molecular weight is 217 g/mol. The van der Waals surface area contributed by atoms with Crippen LogP contribution in [0.15, 0.2) is 18.2 Å². The van der Waals surface area contributed by atoms with Crippen LogP contribution in [0.2, 0.25) is 5.02 Å². The number of likely N-dealkylation sites (N-methyl/N-ethyl adjacent to an activating group) is 1. The molecule has 0 saturated heterocycles. The SMILES string of the molecule is CNC(=O)CNc1ccc(Cl)c(F)c1. The van der Waals surface area contributed by atoms with Crippen LogP contribution in [0, 0.1) is 5.82 Å². The summed E-state index contributed by atoms with van der Waals surface area (Å²) in [6.45, 7) is 0.109. The molecule has 0 heterocycles. The van der Waals surface area contributed by atoms with Crippen molar-refractivity contribution in [3.63, 3.8) is 0 Å². The van der Waals surface area contributed by atoms with Crippen molar-refractivity contribution in [1.29, 1.82) is 0 Å². The van der Waals surface area contributed by atoms with Crippen LogP contribution in [0.5, 0.6) is 0 Å². The number of amides is 1. The van der Waals surface area contributed by atoms with Gasteiger partial charge in [0.25, 0.3) is 0 Å². The van der Waals surface area contributed by atoms with Gasteiger partial charge in [0.1, 0.15) is 5.82 Å². The molecule has 14 heavy (non-hydrogen) atoms. The third kappa shape index (κ3) is 2.88. The lowest BCUT2D eigenvalue weighted by atomic mass is 10.3. The van der Waals surface area contributed by atoms with Gasteiger partial charge >= 0.3 is 0 Å². The fourth-order valence-corrected chi connectivity index (χ4v) is 0.994. The van der Waals surface area contributed by atoms with Crippen LogP contribution in [0.1, 0.15) is 0 Å². The molecule has 1 amide bonds. The Morgan fingerprint density at radius 3 is 2.86 bits per heavy atom. The normalized spacial score (nSPS) is 9.64. The summed E-state index contributed by atoms with van der Waals surface area (Å²) in [5.41, 5.74) is 0.524. The number of rotatable bonds is 3. The molecule has 1 rings (SSSR count). The number of benzene rings is 1. The van der Waals surface area contributed by atoms with Gasteiger partial charge in [0.2, 0.25) is 5.91 Å². The number of halogens is 2. The Bertz CT molecular complexity index is 344. The van der Waals surface area contributed by atoms with E-state index in [9.17, 15) is 9.18 Å². The first kappa shape index (κ1) is 10.8. The van der Waals surface area contributed by atoms with Crippen molar-refractivity contribution in [2.24, 2.45) is 0 Å². The predicted molar refractivity (Wildman–Crippen MR) is 54.0 cm³/mol. The van der Waals surface area contributed by atoms with Gasteiger partial charge in [0, 0.05) is 12.7 Å². The Morgan fingerprint density at radius 1 is 1.57 bits per heavy atom. The molecule has 0 saturated carbocycles. The molecule has 0 bridgehead atoms. The smallest absolute Gasteiger partial charge is 0.239 e. The van der Waals surface area contributed by atoms with Crippen LogP contribution in [0.3, 0.4) is 0 Å². The Balaban J connectivity index is 2.60. The Morgan fingerprint density at radius 2 is 2.29 bits per heavy atom. The van der Waals surface area contributed by atoms with Gasteiger partial charge < -0.3 is 10.6 Å². The maximum Gasteiger partial charge on any atom is 0.239 e. The molecule has 0 unspecified atom stereocenters. The zero-order chi connectivity index (χ0) is 10.6. The molecule has 0 aliphatic rings. The monoisotopic (exact) mass is 216 g/mol. The standard InChI is InChI=1S/C9H10ClFN2O/c1-12-9(14)5-13-6-2-3-7(10)8(11)4-6/h2-4,13H,5H2,1H3,(H,12,14). The van der Waals surface area contributed by atoms with Crippen LogP contribution in [-0.2, 0) is 4.79 Å². The van der Waals surface area contributed by atoms with E-state index in [-0.39, 0.29) is 17.5 Å². The molecule has 3 nitrogen and oxygen atoms in total. The lowest BCUT2D eigenvalue weighted by Crippen LogP contribution is -2.26. The van der Waals surface area contributed by atoms with E-state index in [1.165, 1.54) is 19.2 Å². The van der Waals surface area contributed by atoms with E-state index in [1.807, 2.05) is 0 Å². The number of hydrogen-bond donors (Lipinski definition) is 2. The zero-order valence-corrected chi connectivity index (χ0v) is 8.36. The second-order valence-electron chi connectivity index (χ2n) is 2.66. The van der Waals surface area contributed by atoms with Gasteiger partial charge in [-0.25, -0.2) is 4.39 Å². The first-order valence-electron chi connectivity index (χ1n) is 4.03. The minimum atomic E-state index is -0.506. The lowest BCUT2D eigenvalue weighted by molar-refractivity contribution is -0.118. The summed E-state index contributed by atoms with van der Waals surface area (Å²) in [5.74, 6) is -0.672. The fourth-order valence-electron chi connectivity index (χ4n) is 0.877. The number of nitrogens with one attached hydrogen (secondary N) is 2.